The van der Waals surface area contributed by atoms with Crippen LogP contribution in [0.15, 0.2) is 18.2 Å². The van der Waals surface area contributed by atoms with E-state index in [0.29, 0.717) is 6.07 Å². The predicted octanol–water partition coefficient (Wildman–Crippen LogP) is 0.525. The molecule has 0 spiro atoms. The molecule has 1 aromatic rings. The van der Waals surface area contributed by atoms with Gasteiger partial charge in [-0.15, -0.1) is 0 Å². The number of ether oxygens (including phenoxy) is 1. The normalized spacial score (nSPS) is 11.9. The van der Waals surface area contributed by atoms with E-state index in [4.69, 9.17) is 15.6 Å². The number of halogens is 1. The van der Waals surface area contributed by atoms with Crippen molar-refractivity contribution in [1.82, 2.24) is 0 Å². The first-order chi connectivity index (χ1) is 7.91. The first kappa shape index (κ1) is 12.8. The van der Waals surface area contributed by atoms with Crippen molar-refractivity contribution < 1.29 is 24.0 Å². The lowest BCUT2D eigenvalue weighted by molar-refractivity contribution is -0.385. The minimum absolute atomic E-state index is 0.285. The Labute approximate surface area is 94.8 Å². The summed E-state index contributed by atoms with van der Waals surface area (Å²) in [7, 11) is 0. The van der Waals surface area contributed by atoms with Crippen LogP contribution in [-0.2, 0) is 4.79 Å². The first-order valence-corrected chi connectivity index (χ1v) is 4.47. The molecule has 17 heavy (non-hydrogen) atoms. The minimum atomic E-state index is -1.29. The summed E-state index contributed by atoms with van der Waals surface area (Å²) in [5.74, 6) is -2.52. The molecule has 0 bridgehead atoms. The molecule has 0 radical (unpaired) electrons. The Bertz CT molecular complexity index is 451. The zero-order valence-electron chi connectivity index (χ0n) is 8.50. The summed E-state index contributed by atoms with van der Waals surface area (Å²) in [5, 5.41) is 18.8. The fourth-order valence-corrected chi connectivity index (χ4v) is 0.971. The molecule has 0 fully saturated rings. The van der Waals surface area contributed by atoms with E-state index in [1.807, 2.05) is 0 Å². The van der Waals surface area contributed by atoms with Gasteiger partial charge in [-0.3, -0.25) is 14.9 Å². The number of nitro benzene ring substituents is 1. The zero-order chi connectivity index (χ0) is 13.0. The van der Waals surface area contributed by atoms with E-state index in [1.54, 1.807) is 0 Å². The smallest absolute Gasteiger partial charge is 0.324 e. The molecule has 0 aliphatic rings. The molecule has 7 nitrogen and oxygen atoms in total. The lowest BCUT2D eigenvalue weighted by Crippen LogP contribution is -2.36. The highest BCUT2D eigenvalue weighted by atomic mass is 19.1. The third-order valence-corrected chi connectivity index (χ3v) is 1.86. The van der Waals surface area contributed by atoms with Crippen molar-refractivity contribution >= 4 is 11.7 Å². The van der Waals surface area contributed by atoms with Crippen molar-refractivity contribution in [2.24, 2.45) is 5.73 Å². The largest absolute Gasteiger partial charge is 0.488 e. The topological polar surface area (TPSA) is 116 Å². The van der Waals surface area contributed by atoms with Crippen LogP contribution in [0, 0.1) is 15.9 Å². The number of non-ortho nitro benzene ring substituents is 1. The molecule has 3 N–H and O–H groups in total. The van der Waals surface area contributed by atoms with Gasteiger partial charge in [-0.05, 0) is 6.07 Å². The molecule has 0 amide bonds. The molecular weight excluding hydrogens is 235 g/mol. The number of carboxylic acids is 1. The number of nitro groups is 1. The summed E-state index contributed by atoms with van der Waals surface area (Å²) in [6, 6.07) is 1.48. The highest BCUT2D eigenvalue weighted by Gasteiger charge is 2.15. The van der Waals surface area contributed by atoms with Crippen molar-refractivity contribution in [2.75, 3.05) is 6.61 Å². The fraction of sp³-hybridized carbons (Fsp3) is 0.222. The van der Waals surface area contributed by atoms with Gasteiger partial charge in [0.05, 0.1) is 11.0 Å². The third kappa shape index (κ3) is 3.38. The van der Waals surface area contributed by atoms with E-state index in [1.165, 1.54) is 0 Å². The van der Waals surface area contributed by atoms with Crippen LogP contribution in [-0.4, -0.2) is 28.6 Å². The second kappa shape index (κ2) is 5.21. The molecule has 0 heterocycles. The van der Waals surface area contributed by atoms with E-state index in [2.05, 4.69) is 0 Å². The number of hydrogen-bond acceptors (Lipinski definition) is 5. The van der Waals surface area contributed by atoms with Crippen molar-refractivity contribution in [2.45, 2.75) is 6.04 Å². The standard InChI is InChI=1S/C9H9FN2O5/c10-6-3-5(12(15)16)1-2-8(6)17-4-7(11)9(13)14/h1-3,7H,4,11H2,(H,13,14). The van der Waals surface area contributed by atoms with Crippen LogP contribution in [0.4, 0.5) is 10.1 Å². The number of hydrogen-bond donors (Lipinski definition) is 2. The Kier molecular flexibility index (Phi) is 3.94. The summed E-state index contributed by atoms with van der Waals surface area (Å²) in [4.78, 5) is 19.9. The summed E-state index contributed by atoms with van der Waals surface area (Å²) >= 11 is 0. The Morgan fingerprint density at radius 3 is 2.76 bits per heavy atom. The van der Waals surface area contributed by atoms with E-state index >= 15 is 0 Å². The summed E-state index contributed by atoms with van der Waals surface area (Å²) < 4.78 is 18.0. The molecule has 1 atom stereocenters. The van der Waals surface area contributed by atoms with E-state index in [-0.39, 0.29) is 5.75 Å². The molecule has 0 saturated heterocycles. The minimum Gasteiger partial charge on any atom is -0.488 e. The number of carboxylic acid groups (broad SMARTS) is 1. The molecule has 0 aliphatic heterocycles. The lowest BCUT2D eigenvalue weighted by atomic mass is 10.3. The molecule has 92 valence electrons. The van der Waals surface area contributed by atoms with Crippen molar-refractivity contribution in [3.05, 3.63) is 34.1 Å². The maximum atomic E-state index is 13.2. The van der Waals surface area contributed by atoms with Gasteiger partial charge in [-0.2, -0.15) is 0 Å². The Morgan fingerprint density at radius 2 is 2.29 bits per heavy atom. The SMILES string of the molecule is NC(COc1ccc([N+](=O)[O-])cc1F)C(=O)O. The number of aliphatic carboxylic acids is 1. The summed E-state index contributed by atoms with van der Waals surface area (Å²) in [6.07, 6.45) is 0. The molecule has 1 rings (SSSR count). The van der Waals surface area contributed by atoms with E-state index in [0.717, 1.165) is 12.1 Å². The van der Waals surface area contributed by atoms with Gasteiger partial charge in [0.25, 0.3) is 5.69 Å². The van der Waals surface area contributed by atoms with Gasteiger partial charge in [0.2, 0.25) is 0 Å². The van der Waals surface area contributed by atoms with Gasteiger partial charge in [0.1, 0.15) is 12.6 Å². The Morgan fingerprint density at radius 1 is 1.65 bits per heavy atom. The second-order valence-corrected chi connectivity index (χ2v) is 3.13. The molecule has 8 heteroatoms. The molecule has 0 aromatic heterocycles. The van der Waals surface area contributed by atoms with E-state index < -0.39 is 35.0 Å². The average Bonchev–Trinajstić information content (AvgIpc) is 2.26. The molecule has 1 unspecified atom stereocenters. The van der Waals surface area contributed by atoms with Crippen molar-refractivity contribution in [3.63, 3.8) is 0 Å². The number of nitrogens with zero attached hydrogens (tertiary/aromatic N) is 1. The van der Waals surface area contributed by atoms with Crippen LogP contribution in [0.3, 0.4) is 0 Å². The molecule has 0 aliphatic carbocycles. The number of carbonyl (C=O) groups is 1. The van der Waals surface area contributed by atoms with E-state index in [9.17, 15) is 19.3 Å². The summed E-state index contributed by atoms with van der Waals surface area (Å²) in [5.41, 5.74) is 4.72. The van der Waals surface area contributed by atoms with Crippen LogP contribution < -0.4 is 10.5 Å². The first-order valence-electron chi connectivity index (χ1n) is 4.47. The quantitative estimate of drug-likeness (QED) is 0.576. The molecule has 1 aromatic carbocycles. The average molecular weight is 244 g/mol. The highest BCUT2D eigenvalue weighted by Crippen LogP contribution is 2.22. The fourth-order valence-electron chi connectivity index (χ4n) is 0.971. The van der Waals surface area contributed by atoms with Gasteiger partial charge in [0.15, 0.2) is 11.6 Å². The van der Waals surface area contributed by atoms with Crippen molar-refractivity contribution in [3.8, 4) is 5.75 Å². The van der Waals surface area contributed by atoms with Gasteiger partial charge in [-0.1, -0.05) is 0 Å². The van der Waals surface area contributed by atoms with Crippen LogP contribution in [0.1, 0.15) is 0 Å². The Hall–Kier alpha value is -2.22. The lowest BCUT2D eigenvalue weighted by Gasteiger charge is -2.09. The van der Waals surface area contributed by atoms with Gasteiger partial charge in [-0.25, -0.2) is 4.39 Å². The van der Waals surface area contributed by atoms with Gasteiger partial charge in [0, 0.05) is 6.07 Å². The van der Waals surface area contributed by atoms with Crippen molar-refractivity contribution in [1.29, 1.82) is 0 Å². The van der Waals surface area contributed by atoms with Crippen LogP contribution >= 0.6 is 0 Å². The third-order valence-electron chi connectivity index (χ3n) is 1.86. The van der Waals surface area contributed by atoms with Crippen LogP contribution in [0.25, 0.3) is 0 Å². The number of rotatable bonds is 5. The van der Waals surface area contributed by atoms with Gasteiger partial charge >= 0.3 is 5.97 Å². The van der Waals surface area contributed by atoms with Gasteiger partial charge < -0.3 is 15.6 Å². The second-order valence-electron chi connectivity index (χ2n) is 3.13. The summed E-state index contributed by atoms with van der Waals surface area (Å²) in [6.45, 7) is -0.427. The Balaban J connectivity index is 2.73. The van der Waals surface area contributed by atoms with Crippen LogP contribution in [0.5, 0.6) is 5.75 Å². The molecule has 0 saturated carbocycles. The maximum Gasteiger partial charge on any atom is 0.324 e. The number of benzene rings is 1. The maximum absolute atomic E-state index is 13.2. The highest BCUT2D eigenvalue weighted by molar-refractivity contribution is 5.73. The van der Waals surface area contributed by atoms with Crippen LogP contribution in [0.2, 0.25) is 0 Å². The molecular formula is C9H9FN2O5. The monoisotopic (exact) mass is 244 g/mol. The predicted molar refractivity (Wildman–Crippen MR) is 54.2 cm³/mol. The zero-order valence-corrected chi connectivity index (χ0v) is 8.50. The number of nitrogens with two attached hydrogens (primary N) is 1.